The van der Waals surface area contributed by atoms with E-state index >= 15 is 0 Å². The van der Waals surface area contributed by atoms with Crippen LogP contribution in [0.2, 0.25) is 0 Å². The quantitative estimate of drug-likeness (QED) is 0.481. The Morgan fingerprint density at radius 1 is 1.17 bits per heavy atom. The van der Waals surface area contributed by atoms with Gasteiger partial charge in [0.15, 0.2) is 0 Å². The van der Waals surface area contributed by atoms with Crippen LogP contribution in [0.15, 0.2) is 28.8 Å². The minimum absolute atomic E-state index is 0.185. The molecule has 4 N–H and O–H groups in total. The summed E-state index contributed by atoms with van der Waals surface area (Å²) in [5, 5.41) is 5.45. The van der Waals surface area contributed by atoms with Gasteiger partial charge in [0.1, 0.15) is 11.4 Å². The Morgan fingerprint density at radius 2 is 1.87 bits per heavy atom. The van der Waals surface area contributed by atoms with Crippen molar-refractivity contribution in [3.05, 3.63) is 34.9 Å². The molecule has 0 bridgehead atoms. The van der Waals surface area contributed by atoms with Crippen molar-refractivity contribution in [3.63, 3.8) is 0 Å². The van der Waals surface area contributed by atoms with Crippen molar-refractivity contribution in [1.82, 2.24) is 10.6 Å². The Kier molecular flexibility index (Phi) is 7.57. The van der Waals surface area contributed by atoms with E-state index in [1.54, 1.807) is 45.0 Å². The number of aliphatic imine (C=N–C) groups is 1. The molecule has 0 saturated heterocycles. The lowest BCUT2D eigenvalue weighted by Crippen LogP contribution is -2.34. The third-order valence-electron chi connectivity index (χ3n) is 4.02. The molecule has 0 radical (unpaired) electrons. The summed E-state index contributed by atoms with van der Waals surface area (Å²) in [5.74, 6) is -0.475. The SMILES string of the molecule is COC(=O)c1ccc2c(c1)N=C(N)CC(C(=O)NCCCNC(=O)OC(C)(C)C)=C2. The molecule has 1 aliphatic rings. The van der Waals surface area contributed by atoms with Gasteiger partial charge in [-0.2, -0.15) is 0 Å². The van der Waals surface area contributed by atoms with Gasteiger partial charge in [0.05, 0.1) is 18.4 Å². The first-order chi connectivity index (χ1) is 14.1. The standard InChI is InChI=1S/C21H28N4O5/c1-21(2,3)30-20(28)24-9-5-8-23-18(26)15-10-13-6-7-14(19(27)29-4)11-16(13)25-17(22)12-15/h6-7,10-11H,5,8-9,12H2,1-4H3,(H2,22,25)(H,23,26)(H,24,28). The van der Waals surface area contributed by atoms with Gasteiger partial charge in [0.2, 0.25) is 5.91 Å². The molecule has 30 heavy (non-hydrogen) atoms. The number of carbonyl (C=O) groups excluding carboxylic acids is 3. The summed E-state index contributed by atoms with van der Waals surface area (Å²) in [6.45, 7) is 6.11. The zero-order valence-corrected chi connectivity index (χ0v) is 17.7. The maximum absolute atomic E-state index is 12.5. The first kappa shape index (κ1) is 22.9. The van der Waals surface area contributed by atoms with E-state index in [4.69, 9.17) is 15.2 Å². The van der Waals surface area contributed by atoms with Gasteiger partial charge in [-0.1, -0.05) is 6.07 Å². The van der Waals surface area contributed by atoms with Crippen molar-refractivity contribution in [2.24, 2.45) is 10.7 Å². The van der Waals surface area contributed by atoms with Gasteiger partial charge < -0.3 is 25.8 Å². The maximum atomic E-state index is 12.5. The van der Waals surface area contributed by atoms with Crippen LogP contribution in [0.4, 0.5) is 10.5 Å². The summed E-state index contributed by atoms with van der Waals surface area (Å²) in [5.41, 5.74) is 7.38. The van der Waals surface area contributed by atoms with Crippen LogP contribution in [0, 0.1) is 0 Å². The molecule has 0 spiro atoms. The summed E-state index contributed by atoms with van der Waals surface area (Å²) >= 11 is 0. The number of amides is 2. The van der Waals surface area contributed by atoms with E-state index in [9.17, 15) is 14.4 Å². The molecular formula is C21H28N4O5. The lowest BCUT2D eigenvalue weighted by atomic mass is 10.0. The second-order valence-electron chi connectivity index (χ2n) is 7.75. The van der Waals surface area contributed by atoms with Crippen LogP contribution >= 0.6 is 0 Å². The van der Waals surface area contributed by atoms with Gasteiger partial charge in [-0.05, 0) is 45.4 Å². The highest BCUT2D eigenvalue weighted by Crippen LogP contribution is 2.28. The Morgan fingerprint density at radius 3 is 2.53 bits per heavy atom. The van der Waals surface area contributed by atoms with Gasteiger partial charge in [-0.3, -0.25) is 4.79 Å². The summed E-state index contributed by atoms with van der Waals surface area (Å²) in [4.78, 5) is 40.1. The van der Waals surface area contributed by atoms with Crippen LogP contribution in [-0.2, 0) is 14.3 Å². The molecule has 2 amide bonds. The molecule has 1 aliphatic heterocycles. The predicted molar refractivity (Wildman–Crippen MR) is 114 cm³/mol. The van der Waals surface area contributed by atoms with Crippen LogP contribution in [0.1, 0.15) is 49.5 Å². The predicted octanol–water partition coefficient (Wildman–Crippen LogP) is 2.28. The second-order valence-corrected chi connectivity index (χ2v) is 7.75. The number of nitrogens with two attached hydrogens (primary N) is 1. The molecule has 162 valence electrons. The fourth-order valence-corrected chi connectivity index (χ4v) is 2.69. The molecule has 0 saturated carbocycles. The van der Waals surface area contributed by atoms with Gasteiger partial charge >= 0.3 is 12.1 Å². The molecule has 1 heterocycles. The number of amidine groups is 1. The molecular weight excluding hydrogens is 388 g/mol. The van der Waals surface area contributed by atoms with E-state index < -0.39 is 17.7 Å². The van der Waals surface area contributed by atoms with E-state index in [-0.39, 0.29) is 18.2 Å². The average Bonchev–Trinajstić information content (AvgIpc) is 2.82. The fraction of sp³-hybridized carbons (Fsp3) is 0.429. The Balaban J connectivity index is 1.93. The van der Waals surface area contributed by atoms with Crippen LogP contribution < -0.4 is 16.4 Å². The van der Waals surface area contributed by atoms with Gasteiger partial charge in [-0.25, -0.2) is 14.6 Å². The van der Waals surface area contributed by atoms with Crippen LogP contribution in [0.3, 0.4) is 0 Å². The number of nitrogens with zero attached hydrogens (tertiary/aromatic N) is 1. The number of fused-ring (bicyclic) bond motifs is 1. The fourth-order valence-electron chi connectivity index (χ4n) is 2.69. The van der Waals surface area contributed by atoms with E-state index in [1.807, 2.05) is 0 Å². The summed E-state index contributed by atoms with van der Waals surface area (Å²) in [6, 6.07) is 4.88. The number of methoxy groups -OCH3 is 1. The monoisotopic (exact) mass is 416 g/mol. The molecule has 0 aromatic heterocycles. The molecule has 0 aliphatic carbocycles. The minimum Gasteiger partial charge on any atom is -0.465 e. The number of alkyl carbamates (subject to hydrolysis) is 1. The molecule has 0 fully saturated rings. The molecule has 9 nitrogen and oxygen atoms in total. The van der Waals surface area contributed by atoms with E-state index in [0.29, 0.717) is 41.9 Å². The third kappa shape index (κ3) is 6.91. The van der Waals surface area contributed by atoms with Gasteiger partial charge in [0.25, 0.3) is 0 Å². The number of ether oxygens (including phenoxy) is 2. The second kappa shape index (κ2) is 9.91. The number of benzene rings is 1. The number of hydrogen-bond acceptors (Lipinski definition) is 7. The third-order valence-corrected chi connectivity index (χ3v) is 4.02. The van der Waals surface area contributed by atoms with Crippen LogP contribution in [0.25, 0.3) is 6.08 Å². The lowest BCUT2D eigenvalue weighted by molar-refractivity contribution is -0.117. The first-order valence-corrected chi connectivity index (χ1v) is 9.60. The zero-order valence-electron chi connectivity index (χ0n) is 17.7. The van der Waals surface area contributed by atoms with Crippen molar-refractivity contribution in [2.75, 3.05) is 20.2 Å². The first-order valence-electron chi connectivity index (χ1n) is 9.60. The Labute approximate surface area is 175 Å². The van der Waals surface area contributed by atoms with Crippen molar-refractivity contribution >= 4 is 35.6 Å². The molecule has 1 aromatic rings. The number of rotatable bonds is 6. The molecule has 0 atom stereocenters. The zero-order chi connectivity index (χ0) is 22.3. The number of carbonyl (C=O) groups is 3. The smallest absolute Gasteiger partial charge is 0.407 e. The normalized spacial score (nSPS) is 13.2. The average molecular weight is 416 g/mol. The lowest BCUT2D eigenvalue weighted by Gasteiger charge is -2.19. The summed E-state index contributed by atoms with van der Waals surface area (Å²) in [6.07, 6.45) is 1.94. The van der Waals surface area contributed by atoms with Crippen molar-refractivity contribution in [1.29, 1.82) is 0 Å². The molecule has 2 rings (SSSR count). The molecule has 0 unspecified atom stereocenters. The topological polar surface area (TPSA) is 132 Å². The minimum atomic E-state index is -0.556. The van der Waals surface area contributed by atoms with Crippen molar-refractivity contribution < 1.29 is 23.9 Å². The van der Waals surface area contributed by atoms with Gasteiger partial charge in [0, 0.05) is 30.6 Å². The molecule has 9 heteroatoms. The van der Waals surface area contributed by atoms with Crippen molar-refractivity contribution in [2.45, 2.75) is 39.2 Å². The number of esters is 1. The Bertz CT molecular complexity index is 884. The number of nitrogens with one attached hydrogen (secondary N) is 2. The van der Waals surface area contributed by atoms with Crippen LogP contribution in [-0.4, -0.2) is 49.6 Å². The largest absolute Gasteiger partial charge is 0.465 e. The van der Waals surface area contributed by atoms with E-state index in [2.05, 4.69) is 15.6 Å². The highest BCUT2D eigenvalue weighted by atomic mass is 16.6. The van der Waals surface area contributed by atoms with Gasteiger partial charge in [-0.15, -0.1) is 0 Å². The summed E-state index contributed by atoms with van der Waals surface area (Å²) < 4.78 is 9.86. The van der Waals surface area contributed by atoms with Crippen molar-refractivity contribution in [3.8, 4) is 0 Å². The maximum Gasteiger partial charge on any atom is 0.407 e. The van der Waals surface area contributed by atoms with E-state index in [0.717, 1.165) is 0 Å². The Hall–Kier alpha value is -3.36. The van der Waals surface area contributed by atoms with Crippen LogP contribution in [0.5, 0.6) is 0 Å². The number of hydrogen-bond donors (Lipinski definition) is 3. The summed E-state index contributed by atoms with van der Waals surface area (Å²) in [7, 11) is 1.30. The highest BCUT2D eigenvalue weighted by Gasteiger charge is 2.18. The van der Waals surface area contributed by atoms with E-state index in [1.165, 1.54) is 7.11 Å². The molecule has 1 aromatic carbocycles. The highest BCUT2D eigenvalue weighted by molar-refractivity contribution is 6.05.